The molecule has 194 valence electrons. The summed E-state index contributed by atoms with van der Waals surface area (Å²) in [5.74, 6) is 0.175. The van der Waals surface area contributed by atoms with Crippen LogP contribution in [0.4, 0.5) is 5.69 Å². The summed E-state index contributed by atoms with van der Waals surface area (Å²) in [5.41, 5.74) is 3.48. The largest absolute Gasteiger partial charge is 0.371 e. The van der Waals surface area contributed by atoms with Gasteiger partial charge >= 0.3 is 0 Å². The van der Waals surface area contributed by atoms with Gasteiger partial charge in [0, 0.05) is 75.7 Å². The van der Waals surface area contributed by atoms with Crippen LogP contribution in [0.5, 0.6) is 0 Å². The Morgan fingerprint density at radius 3 is 2.22 bits per heavy atom. The van der Waals surface area contributed by atoms with Crippen molar-refractivity contribution in [3.63, 3.8) is 0 Å². The standard InChI is InChI=1S/C30H43N5O/c1-2-32-19-21-35(22-20-32)30(36)26-10-12-29(13-11-26)34-17-14-27(15-18-34)31-28-9-6-16-33(24-28)23-25-7-4-3-5-8-25/h3-5,7-8,10-13,27-28,31H,2,6,9,14-24H2,1H3. The second kappa shape index (κ2) is 12.2. The number of hydrogen-bond acceptors (Lipinski definition) is 5. The molecule has 0 spiro atoms. The zero-order valence-corrected chi connectivity index (χ0v) is 21.9. The van der Waals surface area contributed by atoms with Gasteiger partial charge < -0.3 is 20.0 Å². The normalized spacial score (nSPS) is 22.6. The summed E-state index contributed by atoms with van der Waals surface area (Å²) < 4.78 is 0. The SMILES string of the molecule is CCN1CCN(C(=O)c2ccc(N3CCC(NC4CCCN(Cc5ccccc5)C4)CC3)cc2)CC1. The average Bonchev–Trinajstić information content (AvgIpc) is 2.94. The number of piperazine rings is 1. The van der Waals surface area contributed by atoms with Crippen molar-refractivity contribution in [2.24, 2.45) is 0 Å². The van der Waals surface area contributed by atoms with Gasteiger partial charge in [-0.1, -0.05) is 37.3 Å². The van der Waals surface area contributed by atoms with Gasteiger partial charge in [0.25, 0.3) is 5.91 Å². The molecular formula is C30H43N5O. The van der Waals surface area contributed by atoms with Gasteiger partial charge in [0.15, 0.2) is 0 Å². The number of carbonyl (C=O) groups is 1. The van der Waals surface area contributed by atoms with Gasteiger partial charge in [-0.25, -0.2) is 0 Å². The summed E-state index contributed by atoms with van der Waals surface area (Å²) in [6, 6.07) is 20.4. The first-order valence-electron chi connectivity index (χ1n) is 14.1. The minimum atomic E-state index is 0.175. The molecule has 6 heteroatoms. The number of piperidine rings is 2. The third-order valence-electron chi connectivity index (χ3n) is 8.31. The summed E-state index contributed by atoms with van der Waals surface area (Å²) in [5, 5.41) is 3.99. The van der Waals surface area contributed by atoms with Crippen LogP contribution in [0.3, 0.4) is 0 Å². The third-order valence-corrected chi connectivity index (χ3v) is 8.31. The van der Waals surface area contributed by atoms with Gasteiger partial charge in [0.2, 0.25) is 0 Å². The van der Waals surface area contributed by atoms with Gasteiger partial charge in [-0.2, -0.15) is 0 Å². The van der Waals surface area contributed by atoms with E-state index in [4.69, 9.17) is 0 Å². The molecule has 0 aliphatic carbocycles. The van der Waals surface area contributed by atoms with E-state index in [1.807, 2.05) is 17.0 Å². The molecule has 2 aromatic carbocycles. The Morgan fingerprint density at radius 1 is 0.806 bits per heavy atom. The molecule has 0 radical (unpaired) electrons. The van der Waals surface area contributed by atoms with Crippen molar-refractivity contribution in [3.05, 3.63) is 65.7 Å². The molecule has 2 aromatic rings. The lowest BCUT2D eigenvalue weighted by molar-refractivity contribution is 0.0643. The molecule has 5 rings (SSSR count). The molecule has 3 saturated heterocycles. The van der Waals surface area contributed by atoms with Crippen molar-refractivity contribution in [2.45, 2.75) is 51.2 Å². The number of likely N-dealkylation sites (N-methyl/N-ethyl adjacent to an activating group) is 1. The van der Waals surface area contributed by atoms with Crippen LogP contribution in [-0.4, -0.2) is 91.6 Å². The van der Waals surface area contributed by atoms with Crippen molar-refractivity contribution < 1.29 is 4.79 Å². The number of nitrogens with zero attached hydrogens (tertiary/aromatic N) is 4. The fourth-order valence-electron chi connectivity index (χ4n) is 6.08. The number of benzene rings is 2. The predicted molar refractivity (Wildman–Crippen MR) is 148 cm³/mol. The van der Waals surface area contributed by atoms with E-state index in [9.17, 15) is 4.79 Å². The lowest BCUT2D eigenvalue weighted by Crippen LogP contribution is -2.51. The molecule has 0 saturated carbocycles. The molecule has 1 unspecified atom stereocenters. The Morgan fingerprint density at radius 2 is 1.53 bits per heavy atom. The monoisotopic (exact) mass is 489 g/mol. The number of nitrogens with one attached hydrogen (secondary N) is 1. The molecule has 1 N–H and O–H groups in total. The second-order valence-corrected chi connectivity index (χ2v) is 10.8. The first-order valence-corrected chi connectivity index (χ1v) is 14.1. The molecule has 3 aliphatic heterocycles. The Hall–Kier alpha value is -2.41. The number of anilines is 1. The first-order chi connectivity index (χ1) is 17.7. The second-order valence-electron chi connectivity index (χ2n) is 10.8. The van der Waals surface area contributed by atoms with Crippen LogP contribution in [0.1, 0.15) is 48.5 Å². The lowest BCUT2D eigenvalue weighted by Gasteiger charge is -2.39. The van der Waals surface area contributed by atoms with E-state index < -0.39 is 0 Å². The molecule has 3 heterocycles. The Bertz CT molecular complexity index is 949. The summed E-state index contributed by atoms with van der Waals surface area (Å²) in [6.45, 7) is 12.4. The minimum absolute atomic E-state index is 0.175. The van der Waals surface area contributed by atoms with Crippen LogP contribution in [-0.2, 0) is 6.54 Å². The molecule has 36 heavy (non-hydrogen) atoms. The van der Waals surface area contributed by atoms with E-state index in [0.717, 1.165) is 64.5 Å². The molecular weight excluding hydrogens is 446 g/mol. The number of hydrogen-bond donors (Lipinski definition) is 1. The van der Waals surface area contributed by atoms with E-state index in [2.05, 4.69) is 69.4 Å². The highest BCUT2D eigenvalue weighted by atomic mass is 16.2. The summed E-state index contributed by atoms with van der Waals surface area (Å²) in [4.78, 5) is 22.4. The lowest BCUT2D eigenvalue weighted by atomic mass is 9.99. The number of likely N-dealkylation sites (tertiary alicyclic amines) is 1. The Kier molecular flexibility index (Phi) is 8.57. The van der Waals surface area contributed by atoms with Crippen molar-refractivity contribution in [1.82, 2.24) is 20.0 Å². The van der Waals surface area contributed by atoms with Gasteiger partial charge in [-0.3, -0.25) is 9.69 Å². The van der Waals surface area contributed by atoms with E-state index in [-0.39, 0.29) is 5.91 Å². The molecule has 3 aliphatic rings. The molecule has 6 nitrogen and oxygen atoms in total. The summed E-state index contributed by atoms with van der Waals surface area (Å²) >= 11 is 0. The number of amides is 1. The van der Waals surface area contributed by atoms with Crippen LogP contribution in [0.25, 0.3) is 0 Å². The van der Waals surface area contributed by atoms with Gasteiger partial charge in [0.1, 0.15) is 0 Å². The fourth-order valence-corrected chi connectivity index (χ4v) is 6.08. The molecule has 0 aromatic heterocycles. The zero-order valence-electron chi connectivity index (χ0n) is 21.9. The van der Waals surface area contributed by atoms with Crippen LogP contribution in [0, 0.1) is 0 Å². The summed E-state index contributed by atoms with van der Waals surface area (Å²) in [7, 11) is 0. The molecule has 0 bridgehead atoms. The zero-order chi connectivity index (χ0) is 24.7. The molecule has 3 fully saturated rings. The maximum absolute atomic E-state index is 12.9. The third kappa shape index (κ3) is 6.47. The maximum atomic E-state index is 12.9. The number of carbonyl (C=O) groups excluding carboxylic acids is 1. The smallest absolute Gasteiger partial charge is 0.253 e. The topological polar surface area (TPSA) is 42.1 Å². The predicted octanol–water partition coefficient (Wildman–Crippen LogP) is 3.69. The minimum Gasteiger partial charge on any atom is -0.371 e. The van der Waals surface area contributed by atoms with Crippen molar-refractivity contribution in [1.29, 1.82) is 0 Å². The van der Waals surface area contributed by atoms with Crippen LogP contribution in [0.15, 0.2) is 54.6 Å². The van der Waals surface area contributed by atoms with Crippen molar-refractivity contribution in [3.8, 4) is 0 Å². The average molecular weight is 490 g/mol. The van der Waals surface area contributed by atoms with Gasteiger partial charge in [-0.15, -0.1) is 0 Å². The van der Waals surface area contributed by atoms with Crippen LogP contribution in [0.2, 0.25) is 0 Å². The van der Waals surface area contributed by atoms with Gasteiger partial charge in [-0.05, 0) is 68.6 Å². The Balaban J connectivity index is 1.07. The van der Waals surface area contributed by atoms with E-state index >= 15 is 0 Å². The van der Waals surface area contributed by atoms with Crippen LogP contribution >= 0.6 is 0 Å². The van der Waals surface area contributed by atoms with Crippen molar-refractivity contribution in [2.75, 3.05) is 63.8 Å². The van der Waals surface area contributed by atoms with Crippen LogP contribution < -0.4 is 10.2 Å². The maximum Gasteiger partial charge on any atom is 0.253 e. The highest BCUT2D eigenvalue weighted by molar-refractivity contribution is 5.94. The van der Waals surface area contributed by atoms with Crippen molar-refractivity contribution >= 4 is 11.6 Å². The summed E-state index contributed by atoms with van der Waals surface area (Å²) in [6.07, 6.45) is 4.92. The van der Waals surface area contributed by atoms with E-state index in [0.29, 0.717) is 12.1 Å². The first kappa shape index (κ1) is 25.2. The molecule has 1 amide bonds. The quantitative estimate of drug-likeness (QED) is 0.643. The highest BCUT2D eigenvalue weighted by Crippen LogP contribution is 2.23. The number of rotatable bonds is 7. The van der Waals surface area contributed by atoms with Gasteiger partial charge in [0.05, 0.1) is 0 Å². The van der Waals surface area contributed by atoms with E-state index in [1.54, 1.807) is 0 Å². The van der Waals surface area contributed by atoms with E-state index in [1.165, 1.54) is 43.5 Å². The Labute approximate surface area is 217 Å². The molecule has 1 atom stereocenters. The fraction of sp³-hybridized carbons (Fsp3) is 0.567. The highest BCUT2D eigenvalue weighted by Gasteiger charge is 2.26.